The fourth-order valence-electron chi connectivity index (χ4n) is 1.57. The predicted octanol–water partition coefficient (Wildman–Crippen LogP) is 3.20. The van der Waals surface area contributed by atoms with Crippen LogP contribution in [0.3, 0.4) is 0 Å². The van der Waals surface area contributed by atoms with E-state index in [1.165, 1.54) is 11.8 Å². The number of pyridine rings is 1. The van der Waals surface area contributed by atoms with Crippen LogP contribution < -0.4 is 4.74 Å². The summed E-state index contributed by atoms with van der Waals surface area (Å²) in [4.78, 5) is 25.7. The van der Waals surface area contributed by atoms with Gasteiger partial charge >= 0.3 is 11.7 Å². The molecule has 2 aromatic rings. The Labute approximate surface area is 123 Å². The number of rotatable bonds is 5. The zero-order chi connectivity index (χ0) is 15.4. The van der Waals surface area contributed by atoms with Crippen LogP contribution in [-0.2, 0) is 0 Å². The average Bonchev–Trinajstić information content (AvgIpc) is 2.47. The topological polar surface area (TPSA) is 103 Å². The molecule has 0 aliphatic rings. The molecular formula is C13H10N2O5S. The summed E-state index contributed by atoms with van der Waals surface area (Å²) in [6.07, 6.45) is 2.87. The minimum absolute atomic E-state index is 0.244. The summed E-state index contributed by atoms with van der Waals surface area (Å²) in [5, 5.41) is 19.9. The SMILES string of the molecule is CSc1ccccc1Oc1ncc(C(=O)O)cc1[N+](=O)[O-]. The molecule has 0 aliphatic carbocycles. The van der Waals surface area contributed by atoms with Gasteiger partial charge in [-0.15, -0.1) is 11.8 Å². The van der Waals surface area contributed by atoms with E-state index in [1.54, 1.807) is 18.2 Å². The number of nitro groups is 1. The van der Waals surface area contributed by atoms with Crippen LogP contribution in [0, 0.1) is 10.1 Å². The lowest BCUT2D eigenvalue weighted by Gasteiger charge is -2.08. The van der Waals surface area contributed by atoms with E-state index in [-0.39, 0.29) is 11.4 Å². The van der Waals surface area contributed by atoms with Gasteiger partial charge in [0.25, 0.3) is 5.88 Å². The molecule has 2 rings (SSSR count). The minimum atomic E-state index is -1.29. The van der Waals surface area contributed by atoms with Gasteiger partial charge in [0.1, 0.15) is 5.75 Å². The molecule has 21 heavy (non-hydrogen) atoms. The van der Waals surface area contributed by atoms with Gasteiger partial charge in [0, 0.05) is 17.2 Å². The maximum Gasteiger partial charge on any atom is 0.337 e. The Morgan fingerprint density at radius 2 is 2.14 bits per heavy atom. The summed E-state index contributed by atoms with van der Waals surface area (Å²) in [7, 11) is 0. The molecule has 0 radical (unpaired) electrons. The maximum absolute atomic E-state index is 11.0. The van der Waals surface area contributed by atoms with Gasteiger partial charge in [-0.25, -0.2) is 9.78 Å². The van der Waals surface area contributed by atoms with E-state index < -0.39 is 16.6 Å². The van der Waals surface area contributed by atoms with Crippen molar-refractivity contribution < 1.29 is 19.6 Å². The number of aromatic carboxylic acids is 1. The van der Waals surface area contributed by atoms with Gasteiger partial charge in [0.15, 0.2) is 0 Å². The van der Waals surface area contributed by atoms with E-state index in [0.717, 1.165) is 17.2 Å². The molecule has 0 atom stereocenters. The third-order valence-corrected chi connectivity index (χ3v) is 3.33. The number of ether oxygens (including phenoxy) is 1. The van der Waals surface area contributed by atoms with Crippen LogP contribution in [0.1, 0.15) is 10.4 Å². The molecular weight excluding hydrogens is 296 g/mol. The lowest BCUT2D eigenvalue weighted by atomic mass is 10.2. The zero-order valence-corrected chi connectivity index (χ0v) is 11.7. The van der Waals surface area contributed by atoms with Crippen LogP contribution in [0.4, 0.5) is 5.69 Å². The molecule has 0 aliphatic heterocycles. The van der Waals surface area contributed by atoms with Crippen molar-refractivity contribution in [3.63, 3.8) is 0 Å². The summed E-state index contributed by atoms with van der Waals surface area (Å²) in [5.74, 6) is -1.11. The second kappa shape index (κ2) is 6.23. The molecule has 1 heterocycles. The molecule has 108 valence electrons. The number of carboxylic acids is 1. The second-order valence-electron chi connectivity index (χ2n) is 3.86. The average molecular weight is 306 g/mol. The summed E-state index contributed by atoms with van der Waals surface area (Å²) in [6.45, 7) is 0. The molecule has 0 saturated heterocycles. The third-order valence-electron chi connectivity index (χ3n) is 2.55. The first-order valence-electron chi connectivity index (χ1n) is 5.71. The quantitative estimate of drug-likeness (QED) is 0.514. The van der Waals surface area contributed by atoms with Crippen molar-refractivity contribution in [3.05, 3.63) is 52.2 Å². The Morgan fingerprint density at radius 3 is 2.76 bits per heavy atom. The molecule has 0 amide bonds. The normalized spacial score (nSPS) is 10.1. The van der Waals surface area contributed by atoms with E-state index in [9.17, 15) is 14.9 Å². The molecule has 0 fully saturated rings. The summed E-state index contributed by atoms with van der Waals surface area (Å²) >= 11 is 1.42. The van der Waals surface area contributed by atoms with Crippen molar-refractivity contribution in [2.75, 3.05) is 6.26 Å². The van der Waals surface area contributed by atoms with E-state index in [4.69, 9.17) is 9.84 Å². The minimum Gasteiger partial charge on any atom is -0.478 e. The first-order valence-corrected chi connectivity index (χ1v) is 6.94. The molecule has 1 aromatic carbocycles. The summed E-state index contributed by atoms with van der Waals surface area (Å²) in [5.41, 5.74) is -0.766. The molecule has 1 N–H and O–H groups in total. The van der Waals surface area contributed by atoms with Gasteiger partial charge in [-0.3, -0.25) is 10.1 Å². The van der Waals surface area contributed by atoms with E-state index >= 15 is 0 Å². The van der Waals surface area contributed by atoms with Crippen LogP contribution in [0.5, 0.6) is 11.6 Å². The van der Waals surface area contributed by atoms with Gasteiger partial charge < -0.3 is 9.84 Å². The molecule has 8 heteroatoms. The highest BCUT2D eigenvalue weighted by molar-refractivity contribution is 7.98. The Morgan fingerprint density at radius 1 is 1.43 bits per heavy atom. The number of aromatic nitrogens is 1. The maximum atomic E-state index is 11.0. The first-order chi connectivity index (χ1) is 10.0. The van der Waals surface area contributed by atoms with Gasteiger partial charge in [0.2, 0.25) is 0 Å². The number of thioether (sulfide) groups is 1. The Hall–Kier alpha value is -2.61. The molecule has 0 unspecified atom stereocenters. The van der Waals surface area contributed by atoms with E-state index in [2.05, 4.69) is 4.98 Å². The molecule has 1 aromatic heterocycles. The van der Waals surface area contributed by atoms with Crippen molar-refractivity contribution >= 4 is 23.4 Å². The van der Waals surface area contributed by atoms with E-state index in [1.807, 2.05) is 12.3 Å². The highest BCUT2D eigenvalue weighted by Crippen LogP contribution is 2.34. The van der Waals surface area contributed by atoms with Crippen molar-refractivity contribution in [1.29, 1.82) is 0 Å². The van der Waals surface area contributed by atoms with Crippen LogP contribution >= 0.6 is 11.8 Å². The number of carbonyl (C=O) groups is 1. The standard InChI is InChI=1S/C13H10N2O5S/c1-21-11-5-3-2-4-10(11)20-12-9(15(18)19)6-8(7-14-12)13(16)17/h2-7H,1H3,(H,16,17). The molecule has 0 bridgehead atoms. The van der Waals surface area contributed by atoms with Crippen LogP contribution in [0.25, 0.3) is 0 Å². The van der Waals surface area contributed by atoms with Gasteiger partial charge in [-0.2, -0.15) is 0 Å². The Balaban J connectivity index is 2.44. The van der Waals surface area contributed by atoms with Crippen LogP contribution in [0.15, 0.2) is 41.4 Å². The number of para-hydroxylation sites is 1. The van der Waals surface area contributed by atoms with Crippen molar-refractivity contribution in [3.8, 4) is 11.6 Å². The number of hydrogen-bond acceptors (Lipinski definition) is 6. The van der Waals surface area contributed by atoms with Crippen LogP contribution in [-0.4, -0.2) is 27.2 Å². The Bertz CT molecular complexity index is 705. The monoisotopic (exact) mass is 306 g/mol. The fraction of sp³-hybridized carbons (Fsp3) is 0.0769. The fourth-order valence-corrected chi connectivity index (χ4v) is 2.10. The Kier molecular flexibility index (Phi) is 4.39. The van der Waals surface area contributed by atoms with E-state index in [0.29, 0.717) is 5.75 Å². The van der Waals surface area contributed by atoms with Crippen LogP contribution in [0.2, 0.25) is 0 Å². The summed E-state index contributed by atoms with van der Waals surface area (Å²) in [6, 6.07) is 7.92. The highest BCUT2D eigenvalue weighted by atomic mass is 32.2. The van der Waals surface area contributed by atoms with Crippen molar-refractivity contribution in [1.82, 2.24) is 4.98 Å². The zero-order valence-electron chi connectivity index (χ0n) is 10.8. The smallest absolute Gasteiger partial charge is 0.337 e. The van der Waals surface area contributed by atoms with Gasteiger partial charge in [-0.1, -0.05) is 12.1 Å². The number of nitrogens with zero attached hydrogens (tertiary/aromatic N) is 2. The second-order valence-corrected chi connectivity index (χ2v) is 4.71. The lowest BCUT2D eigenvalue weighted by molar-refractivity contribution is -0.386. The first kappa shape index (κ1) is 14.8. The summed E-state index contributed by atoms with van der Waals surface area (Å²) < 4.78 is 5.46. The number of hydrogen-bond donors (Lipinski definition) is 1. The predicted molar refractivity (Wildman–Crippen MR) is 76.1 cm³/mol. The molecule has 0 saturated carbocycles. The highest BCUT2D eigenvalue weighted by Gasteiger charge is 2.21. The number of carboxylic acid groups (broad SMARTS) is 1. The molecule has 7 nitrogen and oxygen atoms in total. The van der Waals surface area contributed by atoms with Gasteiger partial charge in [0.05, 0.1) is 10.5 Å². The largest absolute Gasteiger partial charge is 0.478 e. The van der Waals surface area contributed by atoms with Crippen molar-refractivity contribution in [2.45, 2.75) is 4.90 Å². The van der Waals surface area contributed by atoms with Gasteiger partial charge in [-0.05, 0) is 18.4 Å². The molecule has 0 spiro atoms. The lowest BCUT2D eigenvalue weighted by Crippen LogP contribution is -2.02. The number of benzene rings is 1. The third kappa shape index (κ3) is 3.29. The van der Waals surface area contributed by atoms with Crippen molar-refractivity contribution in [2.24, 2.45) is 0 Å².